The summed E-state index contributed by atoms with van der Waals surface area (Å²) in [6, 6.07) is 12.0. The number of benzene rings is 2. The van der Waals surface area contributed by atoms with Gasteiger partial charge in [-0.3, -0.25) is 9.35 Å². The Hall–Kier alpha value is -2.29. The summed E-state index contributed by atoms with van der Waals surface area (Å²) in [4.78, 5) is 0. The molecule has 0 radical (unpaired) electrons. The van der Waals surface area contributed by atoms with Gasteiger partial charge < -0.3 is 23.5 Å². The van der Waals surface area contributed by atoms with E-state index in [1.807, 2.05) is 24.3 Å². The quantitative estimate of drug-likeness (QED) is 0.620. The van der Waals surface area contributed by atoms with E-state index in [9.17, 15) is 0 Å². The molecule has 2 N–H and O–H groups in total. The predicted molar refractivity (Wildman–Crippen MR) is 113 cm³/mol. The van der Waals surface area contributed by atoms with Gasteiger partial charge in [0.25, 0.3) is 0 Å². The third-order valence-corrected chi connectivity index (χ3v) is 4.58. The van der Waals surface area contributed by atoms with Gasteiger partial charge in [0.2, 0.25) is 0 Å². The van der Waals surface area contributed by atoms with E-state index in [2.05, 4.69) is 24.2 Å². The molecule has 29 heavy (non-hydrogen) atoms. The molecule has 0 aliphatic heterocycles. The van der Waals surface area contributed by atoms with Crippen molar-refractivity contribution in [3.63, 3.8) is 0 Å². The normalized spacial score (nSPS) is 11.3. The lowest BCUT2D eigenvalue weighted by Crippen LogP contribution is -2.09. The largest absolute Gasteiger partial charge is 0.760 e. The molecule has 0 aliphatic carbocycles. The lowest BCUT2D eigenvalue weighted by Gasteiger charge is -2.19. The fourth-order valence-electron chi connectivity index (χ4n) is 3.02. The first kappa shape index (κ1) is 24.7. The third kappa shape index (κ3) is 8.31. The van der Waals surface area contributed by atoms with Crippen LogP contribution < -0.4 is 24.1 Å². The van der Waals surface area contributed by atoms with E-state index in [1.54, 1.807) is 28.4 Å². The van der Waals surface area contributed by atoms with Gasteiger partial charge >= 0.3 is 0 Å². The summed E-state index contributed by atoms with van der Waals surface area (Å²) in [5.74, 6) is 3.86. The molecule has 0 saturated carbocycles. The minimum atomic E-state index is -2.36. The van der Waals surface area contributed by atoms with Crippen LogP contribution in [0.15, 0.2) is 36.4 Å². The average molecular weight is 425 g/mol. The number of hydrogen-bond acceptors (Lipinski definition) is 6. The van der Waals surface area contributed by atoms with Gasteiger partial charge in [0, 0.05) is 23.4 Å². The summed E-state index contributed by atoms with van der Waals surface area (Å²) >= 11 is -2.36. The molecule has 0 aromatic heterocycles. The smallest absolute Gasteiger partial charge is 0.125 e. The van der Waals surface area contributed by atoms with Crippen molar-refractivity contribution in [2.75, 3.05) is 28.4 Å². The molecular formula is C21H30NO6S-. The van der Waals surface area contributed by atoms with Crippen molar-refractivity contribution in [1.82, 2.24) is 0 Å². The lowest BCUT2D eigenvalue weighted by atomic mass is 9.89. The standard InChI is InChI=1S/C21H28O4.H3NO2S/c1-6-15(11-16-7-9-18(22-2)13-20(16)24-4)12-17-8-10-19(23-3)14-21(17)25-5;1-4(2)3/h7-10,13-15H,6,11-12H2,1-5H3;1H2,(H,2,3)/p-1. The van der Waals surface area contributed by atoms with Gasteiger partial charge in [0.15, 0.2) is 0 Å². The second-order valence-corrected chi connectivity index (χ2v) is 6.82. The van der Waals surface area contributed by atoms with Crippen molar-refractivity contribution in [3.05, 3.63) is 47.5 Å². The highest BCUT2D eigenvalue weighted by molar-refractivity contribution is 7.76. The van der Waals surface area contributed by atoms with Crippen LogP contribution >= 0.6 is 0 Å². The molecule has 0 saturated heterocycles. The number of nitrogens with two attached hydrogens (primary N) is 1. The summed E-state index contributed by atoms with van der Waals surface area (Å²) in [5.41, 5.74) is 2.39. The Morgan fingerprint density at radius 1 is 0.862 bits per heavy atom. The van der Waals surface area contributed by atoms with Crippen LogP contribution in [0, 0.1) is 5.92 Å². The van der Waals surface area contributed by atoms with Crippen LogP contribution in [0.2, 0.25) is 0 Å². The Morgan fingerprint density at radius 2 is 1.24 bits per heavy atom. The maximum atomic E-state index is 8.78. The van der Waals surface area contributed by atoms with Crippen LogP contribution in [0.3, 0.4) is 0 Å². The van der Waals surface area contributed by atoms with Crippen molar-refractivity contribution < 1.29 is 27.7 Å². The molecule has 162 valence electrons. The Morgan fingerprint density at radius 3 is 1.52 bits per heavy atom. The summed E-state index contributed by atoms with van der Waals surface area (Å²) in [5, 5.41) is 4.03. The van der Waals surface area contributed by atoms with E-state index < -0.39 is 11.3 Å². The molecule has 1 atom stereocenters. The van der Waals surface area contributed by atoms with E-state index >= 15 is 0 Å². The third-order valence-electron chi connectivity index (χ3n) is 4.58. The second kappa shape index (κ2) is 13.0. The molecule has 0 amide bonds. The minimum absolute atomic E-state index is 0.490. The van der Waals surface area contributed by atoms with Crippen LogP contribution in [-0.2, 0) is 24.1 Å². The topological polar surface area (TPSA) is 103 Å². The maximum Gasteiger partial charge on any atom is 0.125 e. The summed E-state index contributed by atoms with van der Waals surface area (Å²) in [6.45, 7) is 2.22. The molecule has 2 rings (SSSR count). The molecule has 8 heteroatoms. The van der Waals surface area contributed by atoms with Gasteiger partial charge in [-0.25, -0.2) is 0 Å². The summed E-state index contributed by atoms with van der Waals surface area (Å²) in [6.07, 6.45) is 2.96. The van der Waals surface area contributed by atoms with Gasteiger partial charge in [-0.15, -0.1) is 0 Å². The van der Waals surface area contributed by atoms with Gasteiger partial charge in [0.05, 0.1) is 28.4 Å². The van der Waals surface area contributed by atoms with Gasteiger partial charge in [-0.2, -0.15) is 0 Å². The Balaban J connectivity index is 0.000000960. The van der Waals surface area contributed by atoms with Crippen LogP contribution in [0.1, 0.15) is 24.5 Å². The minimum Gasteiger partial charge on any atom is -0.760 e. The Kier molecular flexibility index (Phi) is 11.1. The maximum absolute atomic E-state index is 8.78. The first-order valence-corrected chi connectivity index (χ1v) is 10.3. The zero-order valence-electron chi connectivity index (χ0n) is 17.6. The van der Waals surface area contributed by atoms with Crippen molar-refractivity contribution in [1.29, 1.82) is 0 Å². The summed E-state index contributed by atoms with van der Waals surface area (Å²) in [7, 11) is 6.73. The first-order chi connectivity index (χ1) is 13.9. The fraction of sp³-hybridized carbons (Fsp3) is 0.429. The van der Waals surface area contributed by atoms with E-state index in [1.165, 1.54) is 11.1 Å². The molecule has 2 aromatic rings. The average Bonchev–Trinajstić information content (AvgIpc) is 2.73. The van der Waals surface area contributed by atoms with Crippen molar-refractivity contribution in [2.24, 2.45) is 11.1 Å². The predicted octanol–water partition coefficient (Wildman–Crippen LogP) is 3.27. The second-order valence-electron chi connectivity index (χ2n) is 6.30. The van der Waals surface area contributed by atoms with E-state index in [0.717, 1.165) is 42.3 Å². The van der Waals surface area contributed by atoms with E-state index in [-0.39, 0.29) is 0 Å². The number of methoxy groups -OCH3 is 4. The van der Waals surface area contributed by atoms with Crippen molar-refractivity contribution in [2.45, 2.75) is 26.2 Å². The monoisotopic (exact) mass is 424 g/mol. The molecule has 0 bridgehead atoms. The molecule has 0 spiro atoms. The zero-order chi connectivity index (χ0) is 21.8. The molecule has 0 heterocycles. The molecule has 1 unspecified atom stereocenters. The van der Waals surface area contributed by atoms with Crippen LogP contribution in [-0.4, -0.2) is 37.2 Å². The van der Waals surface area contributed by atoms with Crippen LogP contribution in [0.5, 0.6) is 23.0 Å². The Bertz CT molecular complexity index is 722. The van der Waals surface area contributed by atoms with Gasteiger partial charge in [0.1, 0.15) is 23.0 Å². The zero-order valence-corrected chi connectivity index (χ0v) is 18.4. The highest BCUT2D eigenvalue weighted by Crippen LogP contribution is 2.31. The van der Waals surface area contributed by atoms with Crippen molar-refractivity contribution in [3.8, 4) is 23.0 Å². The molecule has 0 fully saturated rings. The molecular weight excluding hydrogens is 394 g/mol. The SMILES string of the molecule is CCC(Cc1ccc(OC)cc1OC)Cc1ccc(OC)cc1OC.NS(=O)[O-]. The Labute approximate surface area is 175 Å². The van der Waals surface area contributed by atoms with E-state index in [4.69, 9.17) is 27.7 Å². The van der Waals surface area contributed by atoms with Gasteiger partial charge in [-0.05, 0) is 42.0 Å². The van der Waals surface area contributed by atoms with Gasteiger partial charge in [-0.1, -0.05) is 25.5 Å². The molecule has 7 nitrogen and oxygen atoms in total. The van der Waals surface area contributed by atoms with E-state index in [0.29, 0.717) is 5.92 Å². The number of ether oxygens (including phenoxy) is 4. The lowest BCUT2D eigenvalue weighted by molar-refractivity contribution is 0.381. The fourth-order valence-corrected chi connectivity index (χ4v) is 3.02. The van der Waals surface area contributed by atoms with Crippen LogP contribution in [0.25, 0.3) is 0 Å². The number of rotatable bonds is 9. The van der Waals surface area contributed by atoms with Crippen LogP contribution in [0.4, 0.5) is 0 Å². The summed E-state index contributed by atoms with van der Waals surface area (Å²) < 4.78 is 39.2. The first-order valence-electron chi connectivity index (χ1n) is 9.13. The molecule has 2 aromatic carbocycles. The molecule has 0 aliphatic rings. The number of hydrogen-bond donors (Lipinski definition) is 1. The highest BCUT2D eigenvalue weighted by atomic mass is 32.2. The highest BCUT2D eigenvalue weighted by Gasteiger charge is 2.15. The van der Waals surface area contributed by atoms with Crippen molar-refractivity contribution >= 4 is 11.3 Å².